The summed E-state index contributed by atoms with van der Waals surface area (Å²) >= 11 is 0. The van der Waals surface area contributed by atoms with Crippen LogP contribution in [-0.4, -0.2) is 9.97 Å². The Bertz CT molecular complexity index is 395. The van der Waals surface area contributed by atoms with Gasteiger partial charge in [-0.2, -0.15) is 0 Å². The summed E-state index contributed by atoms with van der Waals surface area (Å²) in [5.74, 6) is 0. The molecule has 3 nitrogen and oxygen atoms in total. The zero-order chi connectivity index (χ0) is 9.80. The summed E-state index contributed by atoms with van der Waals surface area (Å²) in [4.78, 5) is 8.49. The molecule has 70 valence electrons. The molecule has 0 atom stereocenters. The van der Waals surface area contributed by atoms with Crippen LogP contribution in [0.3, 0.4) is 0 Å². The highest BCUT2D eigenvalue weighted by atomic mass is 14.8. The van der Waals surface area contributed by atoms with Gasteiger partial charge in [-0.25, -0.2) is 0 Å². The summed E-state index contributed by atoms with van der Waals surface area (Å²) < 4.78 is 0. The number of hydrogen-bond donors (Lipinski definition) is 1. The molecule has 0 amide bonds. The predicted molar refractivity (Wildman–Crippen MR) is 55.4 cm³/mol. The van der Waals surface area contributed by atoms with Crippen LogP contribution in [0.1, 0.15) is 5.56 Å². The van der Waals surface area contributed by atoms with Crippen molar-refractivity contribution in [2.24, 2.45) is 5.73 Å². The average Bonchev–Trinajstić information content (AvgIpc) is 2.30. The molecule has 0 spiro atoms. The minimum Gasteiger partial charge on any atom is -0.326 e. The lowest BCUT2D eigenvalue weighted by atomic mass is 10.2. The van der Waals surface area contributed by atoms with E-state index in [9.17, 15) is 0 Å². The molecule has 14 heavy (non-hydrogen) atoms. The number of rotatable bonds is 2. The van der Waals surface area contributed by atoms with E-state index >= 15 is 0 Å². The van der Waals surface area contributed by atoms with Crippen molar-refractivity contribution in [3.63, 3.8) is 0 Å². The molecule has 2 aromatic rings. The molecule has 2 rings (SSSR count). The van der Waals surface area contributed by atoms with Crippen LogP contribution >= 0.6 is 0 Å². The van der Waals surface area contributed by atoms with Gasteiger partial charge < -0.3 is 5.73 Å². The molecule has 2 N–H and O–H groups in total. The molecule has 0 aliphatic carbocycles. The molecular weight excluding hydrogens is 174 g/mol. The van der Waals surface area contributed by atoms with Crippen LogP contribution in [0, 0.1) is 0 Å². The van der Waals surface area contributed by atoms with Crippen LogP contribution < -0.4 is 5.73 Å². The van der Waals surface area contributed by atoms with Crippen LogP contribution in [-0.2, 0) is 6.54 Å². The standard InChI is InChI=1S/C11H11N3/c12-7-9-4-5-11(14-8-9)10-3-1-2-6-13-10/h1-6,8H,7,12H2. The molecular formula is C11H11N3. The Hall–Kier alpha value is -1.74. The maximum atomic E-state index is 5.48. The van der Waals surface area contributed by atoms with Gasteiger partial charge >= 0.3 is 0 Å². The van der Waals surface area contributed by atoms with E-state index in [1.54, 1.807) is 12.4 Å². The third-order valence-electron chi connectivity index (χ3n) is 1.99. The van der Waals surface area contributed by atoms with Crippen LogP contribution in [0.5, 0.6) is 0 Å². The van der Waals surface area contributed by atoms with Crippen molar-refractivity contribution in [3.05, 3.63) is 48.3 Å². The maximum absolute atomic E-state index is 5.48. The second kappa shape index (κ2) is 3.98. The third-order valence-corrected chi connectivity index (χ3v) is 1.99. The minimum absolute atomic E-state index is 0.523. The molecule has 2 aromatic heterocycles. The summed E-state index contributed by atoms with van der Waals surface area (Å²) in [6.45, 7) is 0.523. The highest BCUT2D eigenvalue weighted by Gasteiger charge is 1.98. The Labute approximate surface area is 82.6 Å². The van der Waals surface area contributed by atoms with Gasteiger partial charge in [0.15, 0.2) is 0 Å². The van der Waals surface area contributed by atoms with E-state index in [1.165, 1.54) is 0 Å². The Morgan fingerprint density at radius 3 is 2.43 bits per heavy atom. The van der Waals surface area contributed by atoms with Crippen LogP contribution in [0.25, 0.3) is 11.4 Å². The number of nitrogens with zero attached hydrogens (tertiary/aromatic N) is 2. The first-order chi connectivity index (χ1) is 6.90. The molecule has 0 aliphatic rings. The third kappa shape index (κ3) is 1.78. The fourth-order valence-corrected chi connectivity index (χ4v) is 1.21. The van der Waals surface area contributed by atoms with Crippen LogP contribution in [0.4, 0.5) is 0 Å². The molecule has 0 aliphatic heterocycles. The zero-order valence-corrected chi connectivity index (χ0v) is 7.72. The number of pyridine rings is 2. The summed E-state index contributed by atoms with van der Waals surface area (Å²) in [5, 5.41) is 0. The van der Waals surface area contributed by atoms with Crippen molar-refractivity contribution in [2.75, 3.05) is 0 Å². The fraction of sp³-hybridized carbons (Fsp3) is 0.0909. The van der Waals surface area contributed by atoms with Gasteiger partial charge in [0.1, 0.15) is 0 Å². The number of aromatic nitrogens is 2. The van der Waals surface area contributed by atoms with Gasteiger partial charge in [0.05, 0.1) is 11.4 Å². The van der Waals surface area contributed by atoms with E-state index in [4.69, 9.17) is 5.73 Å². The first-order valence-electron chi connectivity index (χ1n) is 4.46. The highest BCUT2D eigenvalue weighted by Crippen LogP contribution is 2.12. The Morgan fingerprint density at radius 1 is 1.00 bits per heavy atom. The van der Waals surface area contributed by atoms with Crippen LogP contribution in [0.15, 0.2) is 42.7 Å². The first-order valence-corrected chi connectivity index (χ1v) is 4.46. The van der Waals surface area contributed by atoms with E-state index in [1.807, 2.05) is 30.3 Å². The Kier molecular flexibility index (Phi) is 2.51. The van der Waals surface area contributed by atoms with Gasteiger partial charge in [0.25, 0.3) is 0 Å². The summed E-state index contributed by atoms with van der Waals surface area (Å²) in [7, 11) is 0. The van der Waals surface area contributed by atoms with Gasteiger partial charge in [-0.15, -0.1) is 0 Å². The molecule has 0 saturated carbocycles. The number of hydrogen-bond acceptors (Lipinski definition) is 3. The van der Waals surface area contributed by atoms with Crippen LogP contribution in [0.2, 0.25) is 0 Å². The lowest BCUT2D eigenvalue weighted by molar-refractivity contribution is 1.05. The smallest absolute Gasteiger partial charge is 0.0886 e. The van der Waals surface area contributed by atoms with Crippen molar-refractivity contribution in [1.29, 1.82) is 0 Å². The minimum atomic E-state index is 0.523. The van der Waals surface area contributed by atoms with E-state index in [0.29, 0.717) is 6.54 Å². The molecule has 0 bridgehead atoms. The predicted octanol–water partition coefficient (Wildman–Crippen LogP) is 1.60. The molecule has 3 heteroatoms. The SMILES string of the molecule is NCc1ccc(-c2ccccn2)nc1. The second-order valence-electron chi connectivity index (χ2n) is 2.97. The Balaban J connectivity index is 2.34. The lowest BCUT2D eigenvalue weighted by Crippen LogP contribution is -1.97. The molecule has 0 unspecified atom stereocenters. The summed E-state index contributed by atoms with van der Waals surface area (Å²) in [5.41, 5.74) is 8.28. The highest BCUT2D eigenvalue weighted by molar-refractivity contribution is 5.53. The van der Waals surface area contributed by atoms with E-state index in [-0.39, 0.29) is 0 Å². The van der Waals surface area contributed by atoms with Gasteiger partial charge in [-0.1, -0.05) is 12.1 Å². The molecule has 0 fully saturated rings. The molecule has 0 radical (unpaired) electrons. The second-order valence-corrected chi connectivity index (χ2v) is 2.97. The zero-order valence-electron chi connectivity index (χ0n) is 7.72. The van der Waals surface area contributed by atoms with E-state index < -0.39 is 0 Å². The van der Waals surface area contributed by atoms with Gasteiger partial charge in [-0.05, 0) is 23.8 Å². The Morgan fingerprint density at radius 2 is 1.86 bits per heavy atom. The van der Waals surface area contributed by atoms with Crippen molar-refractivity contribution in [1.82, 2.24) is 9.97 Å². The largest absolute Gasteiger partial charge is 0.326 e. The van der Waals surface area contributed by atoms with Gasteiger partial charge in [0, 0.05) is 18.9 Å². The van der Waals surface area contributed by atoms with Gasteiger partial charge in [-0.3, -0.25) is 9.97 Å². The monoisotopic (exact) mass is 185 g/mol. The molecule has 2 heterocycles. The van der Waals surface area contributed by atoms with E-state index in [0.717, 1.165) is 17.0 Å². The first kappa shape index (κ1) is 8.84. The molecule has 0 aromatic carbocycles. The average molecular weight is 185 g/mol. The normalized spacial score (nSPS) is 10.1. The summed E-state index contributed by atoms with van der Waals surface area (Å²) in [6, 6.07) is 9.67. The van der Waals surface area contributed by atoms with Crippen molar-refractivity contribution in [3.8, 4) is 11.4 Å². The topological polar surface area (TPSA) is 51.8 Å². The van der Waals surface area contributed by atoms with Gasteiger partial charge in [0.2, 0.25) is 0 Å². The molecule has 0 saturated heterocycles. The lowest BCUT2D eigenvalue weighted by Gasteiger charge is -2.00. The summed E-state index contributed by atoms with van der Waals surface area (Å²) in [6.07, 6.45) is 3.54. The maximum Gasteiger partial charge on any atom is 0.0886 e. The number of nitrogens with two attached hydrogens (primary N) is 1. The quantitative estimate of drug-likeness (QED) is 0.773. The van der Waals surface area contributed by atoms with Crippen molar-refractivity contribution >= 4 is 0 Å². The van der Waals surface area contributed by atoms with Crippen molar-refractivity contribution < 1.29 is 0 Å². The van der Waals surface area contributed by atoms with Crippen molar-refractivity contribution in [2.45, 2.75) is 6.54 Å². The fourth-order valence-electron chi connectivity index (χ4n) is 1.21. The van der Waals surface area contributed by atoms with E-state index in [2.05, 4.69) is 9.97 Å².